The highest BCUT2D eigenvalue weighted by molar-refractivity contribution is 6.22. The summed E-state index contributed by atoms with van der Waals surface area (Å²) < 4.78 is 0. The first-order valence-corrected chi connectivity index (χ1v) is 6.51. The molecule has 1 atom stereocenters. The van der Waals surface area contributed by atoms with Crippen molar-refractivity contribution in [2.45, 2.75) is 13.3 Å². The third kappa shape index (κ3) is 1.98. The van der Waals surface area contributed by atoms with E-state index in [4.69, 9.17) is 0 Å². The van der Waals surface area contributed by atoms with Gasteiger partial charge in [-0.05, 0) is 38.1 Å². The van der Waals surface area contributed by atoms with E-state index in [-0.39, 0.29) is 5.91 Å². The number of hydrogen-bond donors (Lipinski definition) is 3. The summed E-state index contributed by atoms with van der Waals surface area (Å²) in [6.45, 7) is 3.37. The molecule has 6 nitrogen and oxygen atoms in total. The minimum atomic E-state index is -0.433. The Labute approximate surface area is 115 Å². The number of imide groups is 1. The molecule has 2 aliphatic rings. The predicted octanol–water partition coefficient (Wildman–Crippen LogP) is 0.508. The van der Waals surface area contributed by atoms with Crippen LogP contribution < -0.4 is 16.0 Å². The van der Waals surface area contributed by atoms with Gasteiger partial charge in [0.2, 0.25) is 5.91 Å². The maximum absolute atomic E-state index is 12.3. The molecule has 2 heterocycles. The van der Waals surface area contributed by atoms with Crippen LogP contribution in [0.25, 0.3) is 0 Å². The number of benzene rings is 1. The molecule has 1 saturated heterocycles. The number of amides is 3. The Bertz CT molecular complexity index is 618. The van der Waals surface area contributed by atoms with Gasteiger partial charge in [-0.25, -0.2) is 0 Å². The van der Waals surface area contributed by atoms with Crippen LogP contribution >= 0.6 is 0 Å². The molecule has 6 heteroatoms. The van der Waals surface area contributed by atoms with Crippen LogP contribution in [-0.4, -0.2) is 30.8 Å². The molecule has 1 aromatic rings. The fourth-order valence-electron chi connectivity index (χ4n) is 2.54. The molecule has 0 spiro atoms. The highest BCUT2D eigenvalue weighted by Gasteiger charge is 2.36. The predicted molar refractivity (Wildman–Crippen MR) is 72.5 cm³/mol. The fraction of sp³-hybridized carbons (Fsp3) is 0.357. The van der Waals surface area contributed by atoms with Crippen LogP contribution in [0.15, 0.2) is 18.2 Å². The Kier molecular flexibility index (Phi) is 2.83. The molecule has 0 aromatic heterocycles. The lowest BCUT2D eigenvalue weighted by Crippen LogP contribution is -2.35. The van der Waals surface area contributed by atoms with Gasteiger partial charge in [-0.3, -0.25) is 19.7 Å². The van der Waals surface area contributed by atoms with Crippen LogP contribution in [0.2, 0.25) is 0 Å². The van der Waals surface area contributed by atoms with Gasteiger partial charge >= 0.3 is 0 Å². The number of carbonyl (C=O) groups excluding carboxylic acids is 3. The molecule has 104 valence electrons. The van der Waals surface area contributed by atoms with E-state index >= 15 is 0 Å². The second kappa shape index (κ2) is 4.42. The Morgan fingerprint density at radius 3 is 2.70 bits per heavy atom. The number of carbonyl (C=O) groups is 3. The third-order valence-electron chi connectivity index (χ3n) is 3.91. The molecule has 0 saturated carbocycles. The van der Waals surface area contributed by atoms with Crippen LogP contribution in [0.4, 0.5) is 5.69 Å². The van der Waals surface area contributed by atoms with Crippen LogP contribution in [0.1, 0.15) is 34.1 Å². The topological polar surface area (TPSA) is 87.3 Å². The summed E-state index contributed by atoms with van der Waals surface area (Å²) in [4.78, 5) is 35.3. The van der Waals surface area contributed by atoms with Crippen molar-refractivity contribution in [1.29, 1.82) is 0 Å². The van der Waals surface area contributed by atoms with E-state index in [2.05, 4.69) is 16.0 Å². The standard InChI is InChI=1S/C14H15N3O3/c1-14(4-5-15-7-14)13(20)16-8-2-3-9-10(6-8)12(19)17-11(9)18/h2-3,6,15H,4-5,7H2,1H3,(H,16,20)(H,17,18,19). The number of fused-ring (bicyclic) bond motifs is 1. The minimum Gasteiger partial charge on any atom is -0.326 e. The average Bonchev–Trinajstić information content (AvgIpc) is 2.96. The van der Waals surface area contributed by atoms with Crippen molar-refractivity contribution in [3.05, 3.63) is 29.3 Å². The van der Waals surface area contributed by atoms with E-state index in [1.807, 2.05) is 6.92 Å². The Morgan fingerprint density at radius 2 is 2.00 bits per heavy atom. The summed E-state index contributed by atoms with van der Waals surface area (Å²) in [5.74, 6) is -0.892. The van der Waals surface area contributed by atoms with Crippen molar-refractivity contribution >= 4 is 23.4 Å². The lowest BCUT2D eigenvalue weighted by molar-refractivity contribution is -0.123. The van der Waals surface area contributed by atoms with Crippen molar-refractivity contribution in [1.82, 2.24) is 10.6 Å². The van der Waals surface area contributed by atoms with Gasteiger partial charge in [-0.1, -0.05) is 0 Å². The molecule has 1 unspecified atom stereocenters. The van der Waals surface area contributed by atoms with Crippen LogP contribution in [-0.2, 0) is 4.79 Å². The second-order valence-electron chi connectivity index (χ2n) is 5.49. The SMILES string of the molecule is CC1(C(=O)Nc2ccc3c(c2)C(=O)NC3=O)CCNC1. The smallest absolute Gasteiger partial charge is 0.259 e. The Hall–Kier alpha value is -2.21. The van der Waals surface area contributed by atoms with Gasteiger partial charge in [-0.2, -0.15) is 0 Å². The lowest BCUT2D eigenvalue weighted by atomic mass is 9.88. The van der Waals surface area contributed by atoms with E-state index in [9.17, 15) is 14.4 Å². The van der Waals surface area contributed by atoms with Crippen LogP contribution in [0.5, 0.6) is 0 Å². The van der Waals surface area contributed by atoms with Crippen LogP contribution in [0.3, 0.4) is 0 Å². The van der Waals surface area contributed by atoms with Gasteiger partial charge in [0, 0.05) is 12.2 Å². The first kappa shape index (κ1) is 12.8. The van der Waals surface area contributed by atoms with Crippen molar-refractivity contribution in [3.63, 3.8) is 0 Å². The molecule has 3 N–H and O–H groups in total. The summed E-state index contributed by atoms with van der Waals surface area (Å²) in [5.41, 5.74) is 0.757. The molecular formula is C14H15N3O3. The zero-order valence-corrected chi connectivity index (χ0v) is 11.1. The average molecular weight is 273 g/mol. The molecule has 20 heavy (non-hydrogen) atoms. The second-order valence-corrected chi connectivity index (χ2v) is 5.49. The van der Waals surface area contributed by atoms with Crippen LogP contribution in [0, 0.1) is 5.41 Å². The summed E-state index contributed by atoms with van der Waals surface area (Å²) in [6, 6.07) is 4.74. The van der Waals surface area contributed by atoms with Gasteiger partial charge in [0.15, 0.2) is 0 Å². The molecule has 0 aliphatic carbocycles. The number of anilines is 1. The highest BCUT2D eigenvalue weighted by Crippen LogP contribution is 2.27. The van der Waals surface area contributed by atoms with E-state index in [0.717, 1.165) is 13.0 Å². The molecule has 3 amide bonds. The van der Waals surface area contributed by atoms with E-state index in [1.165, 1.54) is 0 Å². The van der Waals surface area contributed by atoms with Gasteiger partial charge in [0.1, 0.15) is 0 Å². The summed E-state index contributed by atoms with van der Waals surface area (Å²) in [6.07, 6.45) is 0.781. The third-order valence-corrected chi connectivity index (χ3v) is 3.91. The van der Waals surface area contributed by atoms with Crippen molar-refractivity contribution in [2.75, 3.05) is 18.4 Å². The molecule has 1 fully saturated rings. The maximum atomic E-state index is 12.3. The Morgan fingerprint density at radius 1 is 1.25 bits per heavy atom. The normalized spacial score (nSPS) is 24.4. The lowest BCUT2D eigenvalue weighted by Gasteiger charge is -2.21. The van der Waals surface area contributed by atoms with E-state index in [0.29, 0.717) is 23.4 Å². The summed E-state index contributed by atoms with van der Waals surface area (Å²) >= 11 is 0. The number of nitrogens with one attached hydrogen (secondary N) is 3. The fourth-order valence-corrected chi connectivity index (χ4v) is 2.54. The quantitative estimate of drug-likeness (QED) is 0.685. The van der Waals surface area contributed by atoms with Crippen molar-refractivity contribution in [2.24, 2.45) is 5.41 Å². The maximum Gasteiger partial charge on any atom is 0.259 e. The summed E-state index contributed by atoms with van der Waals surface area (Å²) in [7, 11) is 0. The van der Waals surface area contributed by atoms with Crippen molar-refractivity contribution in [3.8, 4) is 0 Å². The van der Waals surface area contributed by atoms with Gasteiger partial charge in [0.05, 0.1) is 16.5 Å². The molecule has 3 rings (SSSR count). The molecule has 0 bridgehead atoms. The largest absolute Gasteiger partial charge is 0.326 e. The Balaban J connectivity index is 1.82. The zero-order chi connectivity index (χ0) is 14.3. The first-order valence-electron chi connectivity index (χ1n) is 6.51. The number of hydrogen-bond acceptors (Lipinski definition) is 4. The molecule has 0 radical (unpaired) electrons. The van der Waals surface area contributed by atoms with Crippen molar-refractivity contribution < 1.29 is 14.4 Å². The van der Waals surface area contributed by atoms with Gasteiger partial charge in [-0.15, -0.1) is 0 Å². The molecular weight excluding hydrogens is 258 g/mol. The van der Waals surface area contributed by atoms with E-state index in [1.54, 1.807) is 18.2 Å². The summed E-state index contributed by atoms with van der Waals surface area (Å²) in [5, 5.41) is 8.21. The minimum absolute atomic E-state index is 0.0767. The molecule has 1 aromatic carbocycles. The highest BCUT2D eigenvalue weighted by atomic mass is 16.2. The molecule has 2 aliphatic heterocycles. The number of rotatable bonds is 2. The van der Waals surface area contributed by atoms with Gasteiger partial charge < -0.3 is 10.6 Å². The monoisotopic (exact) mass is 273 g/mol. The first-order chi connectivity index (χ1) is 9.49. The van der Waals surface area contributed by atoms with E-state index < -0.39 is 17.2 Å². The zero-order valence-electron chi connectivity index (χ0n) is 11.1. The van der Waals surface area contributed by atoms with Gasteiger partial charge in [0.25, 0.3) is 11.8 Å².